The molecule has 4 aromatic rings. The Labute approximate surface area is 210 Å². The molecule has 0 bridgehead atoms. The van der Waals surface area contributed by atoms with Gasteiger partial charge in [-0.25, -0.2) is 9.89 Å². The number of rotatable bonds is 5. The molecule has 0 saturated heterocycles. The first kappa shape index (κ1) is 23.9. The fourth-order valence-corrected chi connectivity index (χ4v) is 5.08. The summed E-state index contributed by atoms with van der Waals surface area (Å²) in [6.07, 6.45) is 2.91. The van der Waals surface area contributed by atoms with Gasteiger partial charge >= 0.3 is 11.6 Å². The van der Waals surface area contributed by atoms with E-state index in [1.54, 1.807) is 6.07 Å². The van der Waals surface area contributed by atoms with E-state index in [1.807, 2.05) is 36.4 Å². The van der Waals surface area contributed by atoms with Gasteiger partial charge in [0, 0.05) is 12.0 Å². The maximum Gasteiger partial charge on any atom is 0.362 e. The molecule has 1 amide bonds. The molecule has 2 aromatic heterocycles. The molecule has 2 N–H and O–H groups in total. The second-order valence-electron chi connectivity index (χ2n) is 11.0. The molecule has 2 heterocycles. The molecule has 186 valence electrons. The Bertz CT molecular complexity index is 1490. The van der Waals surface area contributed by atoms with Crippen LogP contribution in [-0.2, 0) is 17.3 Å². The lowest BCUT2D eigenvalue weighted by atomic mass is 9.62. The number of carbonyl (C=O) groups excluding carboxylic acids is 1. The predicted octanol–water partition coefficient (Wildman–Crippen LogP) is 5.46. The number of benzene rings is 2. The first-order chi connectivity index (χ1) is 17.0. The van der Waals surface area contributed by atoms with Gasteiger partial charge in [-0.05, 0) is 65.0 Å². The molecule has 0 unspecified atom stereocenters. The molecule has 36 heavy (non-hydrogen) atoms. The van der Waals surface area contributed by atoms with Crippen LogP contribution in [0.1, 0.15) is 79.1 Å². The quantitative estimate of drug-likeness (QED) is 0.393. The first-order valence-corrected chi connectivity index (χ1v) is 12.3. The Morgan fingerprint density at radius 1 is 1.03 bits per heavy atom. The van der Waals surface area contributed by atoms with E-state index in [1.165, 1.54) is 28.7 Å². The van der Waals surface area contributed by atoms with Crippen LogP contribution in [0.3, 0.4) is 0 Å². The number of aryl methyl sites for hydroxylation is 1. The summed E-state index contributed by atoms with van der Waals surface area (Å²) in [5.41, 5.74) is 8.29. The zero-order valence-corrected chi connectivity index (χ0v) is 21.4. The van der Waals surface area contributed by atoms with Gasteiger partial charge < -0.3 is 4.42 Å². The number of hydrogen-bond acceptors (Lipinski definition) is 4. The summed E-state index contributed by atoms with van der Waals surface area (Å²) in [4.78, 5) is 25.2. The van der Waals surface area contributed by atoms with E-state index in [9.17, 15) is 9.59 Å². The predicted molar refractivity (Wildman–Crippen MR) is 140 cm³/mol. The third-order valence-electron chi connectivity index (χ3n) is 7.48. The highest BCUT2D eigenvalue weighted by molar-refractivity contribution is 5.97. The summed E-state index contributed by atoms with van der Waals surface area (Å²) in [5, 5.41) is 6.43. The van der Waals surface area contributed by atoms with Crippen molar-refractivity contribution in [2.75, 3.05) is 5.43 Å². The first-order valence-electron chi connectivity index (χ1n) is 12.3. The van der Waals surface area contributed by atoms with Gasteiger partial charge in [0.25, 0.3) is 0 Å². The molecule has 5 rings (SSSR count). The van der Waals surface area contributed by atoms with Crippen LogP contribution in [0.2, 0.25) is 0 Å². The monoisotopic (exact) mass is 484 g/mol. The normalized spacial score (nSPS) is 15.9. The zero-order valence-electron chi connectivity index (χ0n) is 21.4. The number of furan rings is 1. The number of fused-ring (bicyclic) bond motifs is 1. The molecule has 7 nitrogen and oxygen atoms in total. The van der Waals surface area contributed by atoms with E-state index in [-0.39, 0.29) is 16.6 Å². The fraction of sp³-hybridized carbons (Fsp3) is 0.345. The van der Waals surface area contributed by atoms with Crippen LogP contribution in [0.4, 0.5) is 0 Å². The second-order valence-corrected chi connectivity index (χ2v) is 11.0. The van der Waals surface area contributed by atoms with E-state index in [2.05, 4.69) is 62.4 Å². The van der Waals surface area contributed by atoms with Gasteiger partial charge in [-0.3, -0.25) is 10.2 Å². The minimum Gasteiger partial charge on any atom is -0.456 e. The van der Waals surface area contributed by atoms with Gasteiger partial charge in [0.05, 0.1) is 0 Å². The molecule has 1 aliphatic carbocycles. The minimum absolute atomic E-state index is 0.121. The molecule has 0 fully saturated rings. The van der Waals surface area contributed by atoms with Crippen molar-refractivity contribution in [1.82, 2.24) is 14.9 Å². The maximum atomic E-state index is 12.9. The Kier molecular flexibility index (Phi) is 5.74. The van der Waals surface area contributed by atoms with Crippen LogP contribution in [0.5, 0.6) is 0 Å². The largest absolute Gasteiger partial charge is 0.456 e. The molecule has 0 saturated carbocycles. The van der Waals surface area contributed by atoms with Gasteiger partial charge in [-0.1, -0.05) is 70.2 Å². The summed E-state index contributed by atoms with van der Waals surface area (Å²) < 4.78 is 7.01. The number of nitrogens with one attached hydrogen (secondary N) is 2. The number of aromatic amines is 1. The summed E-state index contributed by atoms with van der Waals surface area (Å²) in [7, 11) is 0. The second kappa shape index (κ2) is 8.66. The summed E-state index contributed by atoms with van der Waals surface area (Å²) in [6, 6.07) is 17.3. The third-order valence-corrected chi connectivity index (χ3v) is 7.48. The van der Waals surface area contributed by atoms with Gasteiger partial charge in [0.15, 0.2) is 11.6 Å². The van der Waals surface area contributed by atoms with Crippen molar-refractivity contribution in [1.29, 1.82) is 0 Å². The van der Waals surface area contributed by atoms with Crippen LogP contribution < -0.4 is 11.1 Å². The highest BCUT2D eigenvalue weighted by atomic mass is 16.4. The summed E-state index contributed by atoms with van der Waals surface area (Å²) in [5.74, 6) is 0.621. The molecule has 0 aliphatic heterocycles. The van der Waals surface area contributed by atoms with E-state index in [0.29, 0.717) is 23.6 Å². The number of H-pyrrole nitrogens is 1. The number of amides is 1. The van der Waals surface area contributed by atoms with E-state index < -0.39 is 11.6 Å². The van der Waals surface area contributed by atoms with Crippen LogP contribution in [0.25, 0.3) is 11.4 Å². The number of carbonyl (C=O) groups is 1. The molecule has 2 aromatic carbocycles. The van der Waals surface area contributed by atoms with Crippen molar-refractivity contribution >= 4 is 5.91 Å². The highest BCUT2D eigenvalue weighted by Gasteiger charge is 2.37. The van der Waals surface area contributed by atoms with Crippen molar-refractivity contribution in [3.8, 4) is 11.4 Å². The van der Waals surface area contributed by atoms with Crippen LogP contribution in [0, 0.1) is 6.92 Å². The Balaban J connectivity index is 1.38. The van der Waals surface area contributed by atoms with Gasteiger partial charge in [-0.15, -0.1) is 0 Å². The van der Waals surface area contributed by atoms with Crippen molar-refractivity contribution in [3.63, 3.8) is 0 Å². The highest BCUT2D eigenvalue weighted by Crippen LogP contribution is 2.46. The van der Waals surface area contributed by atoms with Gasteiger partial charge in [0.2, 0.25) is 0 Å². The Morgan fingerprint density at radius 2 is 1.69 bits per heavy atom. The van der Waals surface area contributed by atoms with E-state index in [0.717, 1.165) is 11.1 Å². The smallest absolute Gasteiger partial charge is 0.362 e. The van der Waals surface area contributed by atoms with Crippen molar-refractivity contribution in [2.24, 2.45) is 0 Å². The molecular formula is C29H32N4O3. The van der Waals surface area contributed by atoms with Crippen molar-refractivity contribution in [3.05, 3.63) is 98.9 Å². The molecule has 0 atom stereocenters. The molecule has 7 heteroatoms. The van der Waals surface area contributed by atoms with Crippen LogP contribution >= 0.6 is 0 Å². The summed E-state index contributed by atoms with van der Waals surface area (Å²) in [6.45, 7) is 11.4. The average molecular weight is 485 g/mol. The summed E-state index contributed by atoms with van der Waals surface area (Å²) >= 11 is 0. The fourth-order valence-electron chi connectivity index (χ4n) is 5.08. The Hall–Kier alpha value is -3.87. The minimum atomic E-state index is -0.538. The van der Waals surface area contributed by atoms with Crippen LogP contribution in [-0.4, -0.2) is 20.8 Å². The maximum absolute atomic E-state index is 12.9. The SMILES string of the molecule is Cc1cc2c(cc1Cc1ccc(C(=O)Nn3c(-c4ccccc4)n[nH]c3=O)o1)C(C)(C)CCC2(C)C. The molecule has 0 spiro atoms. The standard InChI is InChI=1S/C29H32N4O3/c1-18-15-22-23(29(4,5)14-13-28(22,2)3)17-20(18)16-21-11-12-24(36-21)26(34)32-33-25(30-31-27(33)35)19-9-7-6-8-10-19/h6-12,15,17H,13-14,16H2,1-5H3,(H,31,35)(H,32,34). The van der Waals surface area contributed by atoms with Crippen molar-refractivity contribution in [2.45, 2.75) is 64.7 Å². The molecule has 0 radical (unpaired) electrons. The molecule has 1 aliphatic rings. The van der Waals surface area contributed by atoms with Crippen molar-refractivity contribution < 1.29 is 9.21 Å². The van der Waals surface area contributed by atoms with E-state index >= 15 is 0 Å². The van der Waals surface area contributed by atoms with Gasteiger partial charge in [0.1, 0.15) is 5.76 Å². The number of hydrogen-bond donors (Lipinski definition) is 2. The Morgan fingerprint density at radius 3 is 2.39 bits per heavy atom. The molecular weight excluding hydrogens is 452 g/mol. The lowest BCUT2D eigenvalue weighted by Gasteiger charge is -2.42. The van der Waals surface area contributed by atoms with Crippen LogP contribution in [0.15, 0.2) is 63.8 Å². The third kappa shape index (κ3) is 4.30. The zero-order chi connectivity index (χ0) is 25.7. The lowest BCUT2D eigenvalue weighted by molar-refractivity contribution is 0.0979. The van der Waals surface area contributed by atoms with Gasteiger partial charge in [-0.2, -0.15) is 9.77 Å². The lowest BCUT2D eigenvalue weighted by Crippen LogP contribution is -2.34. The van der Waals surface area contributed by atoms with E-state index in [4.69, 9.17) is 4.42 Å². The topological polar surface area (TPSA) is 92.9 Å². The average Bonchev–Trinajstić information content (AvgIpc) is 3.45. The number of nitrogens with zero attached hydrogens (tertiary/aromatic N) is 2. The number of aromatic nitrogens is 3.